The molecule has 0 fully saturated rings. The predicted octanol–water partition coefficient (Wildman–Crippen LogP) is 3.17. The van der Waals surface area contributed by atoms with Crippen molar-refractivity contribution in [3.05, 3.63) is 63.7 Å². The number of nitrogens with two attached hydrogens (primary N) is 1. The number of aliphatic hydroxyl groups is 2. The highest BCUT2D eigenvalue weighted by molar-refractivity contribution is 6.29. The molecule has 4 N–H and O–H groups in total. The van der Waals surface area contributed by atoms with Gasteiger partial charge in [0.1, 0.15) is 0 Å². The molecule has 1 aliphatic carbocycles. The van der Waals surface area contributed by atoms with Crippen molar-refractivity contribution in [3.63, 3.8) is 0 Å². The predicted molar refractivity (Wildman–Crippen MR) is 113 cm³/mol. The van der Waals surface area contributed by atoms with Crippen molar-refractivity contribution in [1.82, 2.24) is 0 Å². The average Bonchev–Trinajstić information content (AvgIpc) is 2.67. The van der Waals surface area contributed by atoms with Gasteiger partial charge in [0, 0.05) is 41.2 Å². The van der Waals surface area contributed by atoms with Crippen LogP contribution in [0.1, 0.15) is 70.7 Å². The zero-order valence-electron chi connectivity index (χ0n) is 17.5. The van der Waals surface area contributed by atoms with Crippen LogP contribution in [0.15, 0.2) is 30.3 Å². The zero-order valence-corrected chi connectivity index (χ0v) is 17.5. The Morgan fingerprint density at radius 1 is 0.793 bits per heavy atom. The van der Waals surface area contributed by atoms with Crippen molar-refractivity contribution in [2.24, 2.45) is 10.8 Å². The summed E-state index contributed by atoms with van der Waals surface area (Å²) in [5.41, 5.74) is 8.65. The fourth-order valence-corrected chi connectivity index (χ4v) is 3.88. The van der Waals surface area contributed by atoms with Gasteiger partial charge in [-0.3, -0.25) is 9.59 Å². The van der Waals surface area contributed by atoms with Crippen molar-refractivity contribution in [2.45, 2.75) is 40.5 Å². The molecule has 0 heterocycles. The first-order chi connectivity index (χ1) is 13.5. The van der Waals surface area contributed by atoms with Gasteiger partial charge < -0.3 is 15.9 Å². The number of carbonyl (C=O) groups is 2. The minimum atomic E-state index is -0.472. The lowest BCUT2D eigenvalue weighted by Gasteiger charge is -2.29. The highest BCUT2D eigenvalue weighted by atomic mass is 16.3. The highest BCUT2D eigenvalue weighted by Crippen LogP contribution is 2.37. The number of ketones is 2. The fourth-order valence-electron chi connectivity index (χ4n) is 3.88. The molecule has 0 bridgehead atoms. The van der Waals surface area contributed by atoms with Gasteiger partial charge in [-0.2, -0.15) is 0 Å². The Kier molecular flexibility index (Phi) is 5.41. The van der Waals surface area contributed by atoms with Crippen molar-refractivity contribution < 1.29 is 19.8 Å². The van der Waals surface area contributed by atoms with Crippen LogP contribution in [0.2, 0.25) is 0 Å². The molecule has 0 saturated carbocycles. The van der Waals surface area contributed by atoms with Crippen LogP contribution in [0.5, 0.6) is 0 Å². The summed E-state index contributed by atoms with van der Waals surface area (Å²) in [7, 11) is 0. The molecule has 0 amide bonds. The molecule has 0 aliphatic heterocycles. The van der Waals surface area contributed by atoms with Crippen LogP contribution in [0.4, 0.5) is 5.69 Å². The van der Waals surface area contributed by atoms with E-state index in [-0.39, 0.29) is 24.8 Å². The Morgan fingerprint density at radius 3 is 1.97 bits per heavy atom. The molecule has 0 spiro atoms. The summed E-state index contributed by atoms with van der Waals surface area (Å²) in [5, 5.41) is 19.3. The summed E-state index contributed by atoms with van der Waals surface area (Å²) in [6, 6.07) is 8.59. The summed E-state index contributed by atoms with van der Waals surface area (Å²) in [4.78, 5) is 26.9. The van der Waals surface area contributed by atoms with E-state index in [9.17, 15) is 19.8 Å². The molecule has 154 valence electrons. The third kappa shape index (κ3) is 3.85. The number of carbonyl (C=O) groups excluding carboxylic acids is 2. The number of nitrogen functional groups attached to an aromatic ring is 1. The maximum atomic E-state index is 13.5. The molecule has 5 heteroatoms. The highest BCUT2D eigenvalue weighted by Gasteiger charge is 2.36. The number of hydrogen-bond acceptors (Lipinski definition) is 5. The smallest absolute Gasteiger partial charge is 0.194 e. The van der Waals surface area contributed by atoms with Gasteiger partial charge in [-0.1, -0.05) is 45.9 Å². The van der Waals surface area contributed by atoms with Crippen LogP contribution in [0.25, 0.3) is 0 Å². The Labute approximate surface area is 171 Å². The Bertz CT molecular complexity index is 989. The third-order valence-electron chi connectivity index (χ3n) is 5.62. The van der Waals surface area contributed by atoms with Crippen LogP contribution >= 0.6 is 0 Å². The molecule has 0 saturated heterocycles. The maximum absolute atomic E-state index is 13.5. The minimum Gasteiger partial charge on any atom is -0.398 e. The van der Waals surface area contributed by atoms with E-state index >= 15 is 0 Å². The van der Waals surface area contributed by atoms with Crippen molar-refractivity contribution in [2.75, 3.05) is 18.9 Å². The lowest BCUT2D eigenvalue weighted by Crippen LogP contribution is -2.29. The van der Waals surface area contributed by atoms with E-state index < -0.39 is 10.8 Å². The summed E-state index contributed by atoms with van der Waals surface area (Å²) in [5.74, 6) is -0.406. The van der Waals surface area contributed by atoms with Gasteiger partial charge in [-0.25, -0.2) is 0 Å². The second kappa shape index (κ2) is 7.39. The van der Waals surface area contributed by atoms with Crippen molar-refractivity contribution in [3.8, 4) is 0 Å². The Hall–Kier alpha value is -2.50. The van der Waals surface area contributed by atoms with E-state index in [1.54, 1.807) is 24.3 Å². The second-order valence-corrected chi connectivity index (χ2v) is 9.55. The molecule has 1 aliphatic rings. The van der Waals surface area contributed by atoms with Gasteiger partial charge >= 0.3 is 0 Å². The molecule has 0 radical (unpaired) electrons. The molecule has 0 unspecified atom stereocenters. The van der Waals surface area contributed by atoms with E-state index in [1.807, 2.05) is 33.8 Å². The van der Waals surface area contributed by atoms with Crippen molar-refractivity contribution in [1.29, 1.82) is 0 Å². The summed E-state index contributed by atoms with van der Waals surface area (Å²) in [6.07, 6.45) is 0.879. The maximum Gasteiger partial charge on any atom is 0.194 e. The molecule has 0 atom stereocenters. The number of anilines is 1. The van der Waals surface area contributed by atoms with Gasteiger partial charge in [0.25, 0.3) is 0 Å². The molecule has 2 aromatic rings. The molecular formula is C24H29NO4. The minimum absolute atomic E-state index is 0.0215. The van der Waals surface area contributed by atoms with Gasteiger partial charge in [-0.05, 0) is 46.9 Å². The quantitative estimate of drug-likeness (QED) is 0.557. The molecule has 2 aromatic carbocycles. The van der Waals surface area contributed by atoms with Crippen LogP contribution < -0.4 is 5.73 Å². The van der Waals surface area contributed by atoms with E-state index in [0.29, 0.717) is 46.3 Å². The molecule has 3 rings (SSSR count). The first-order valence-corrected chi connectivity index (χ1v) is 9.86. The number of fused-ring (bicyclic) bond motifs is 2. The topological polar surface area (TPSA) is 101 Å². The summed E-state index contributed by atoms with van der Waals surface area (Å²) < 4.78 is 0. The van der Waals surface area contributed by atoms with Crippen LogP contribution in [-0.2, 0) is 12.8 Å². The van der Waals surface area contributed by atoms with Crippen LogP contribution in [0, 0.1) is 10.8 Å². The van der Waals surface area contributed by atoms with Gasteiger partial charge in [0.15, 0.2) is 11.6 Å². The largest absolute Gasteiger partial charge is 0.398 e. The summed E-state index contributed by atoms with van der Waals surface area (Å²) >= 11 is 0. The third-order valence-corrected chi connectivity index (χ3v) is 5.62. The molecule has 29 heavy (non-hydrogen) atoms. The number of benzene rings is 2. The molecular weight excluding hydrogens is 366 g/mol. The van der Waals surface area contributed by atoms with Gasteiger partial charge in [0.05, 0.1) is 0 Å². The van der Waals surface area contributed by atoms with E-state index in [4.69, 9.17) is 5.73 Å². The Balaban J connectivity index is 2.18. The fraction of sp³-hybridized carbons (Fsp3) is 0.417. The number of aliphatic hydroxyl groups excluding tert-OH is 2. The van der Waals surface area contributed by atoms with Crippen molar-refractivity contribution >= 4 is 17.3 Å². The SMILES string of the molecule is CC(C)(CO)Cc1cccc2c1C(=O)c1ccc(N)c(CC(C)(C)CO)c1C2=O. The van der Waals surface area contributed by atoms with Gasteiger partial charge in [0.2, 0.25) is 0 Å². The van der Waals surface area contributed by atoms with E-state index in [0.717, 1.165) is 5.56 Å². The first-order valence-electron chi connectivity index (χ1n) is 9.86. The lowest BCUT2D eigenvalue weighted by atomic mass is 9.74. The average molecular weight is 395 g/mol. The second-order valence-electron chi connectivity index (χ2n) is 9.55. The van der Waals surface area contributed by atoms with Crippen LogP contribution in [0.3, 0.4) is 0 Å². The zero-order chi connectivity index (χ0) is 21.6. The molecule has 5 nitrogen and oxygen atoms in total. The van der Waals surface area contributed by atoms with Crippen LogP contribution in [-0.4, -0.2) is 35.0 Å². The monoisotopic (exact) mass is 395 g/mol. The lowest BCUT2D eigenvalue weighted by molar-refractivity contribution is 0.0974. The van der Waals surface area contributed by atoms with Gasteiger partial charge in [-0.15, -0.1) is 0 Å². The first kappa shape index (κ1) is 21.2. The number of rotatable bonds is 6. The van der Waals surface area contributed by atoms with E-state index in [1.165, 1.54) is 0 Å². The Morgan fingerprint density at radius 2 is 1.34 bits per heavy atom. The van der Waals surface area contributed by atoms with E-state index in [2.05, 4.69) is 0 Å². The summed E-state index contributed by atoms with van der Waals surface area (Å²) in [6.45, 7) is 7.55. The number of hydrogen-bond donors (Lipinski definition) is 3. The normalized spacial score (nSPS) is 14.0. The molecule has 0 aromatic heterocycles. The standard InChI is InChI=1S/C24H29NO4/c1-23(2,12-26)10-14-6-5-7-15-19(14)21(28)16-8-9-18(25)17(20(16)22(15)29)11-24(3,4)13-27/h5-9,26-27H,10-13,25H2,1-4H3.